The zero-order valence-corrected chi connectivity index (χ0v) is 7.01. The van der Waals surface area contributed by atoms with Gasteiger partial charge in [-0.15, -0.1) is 15.1 Å². The summed E-state index contributed by atoms with van der Waals surface area (Å²) in [4.78, 5) is 25.4. The Morgan fingerprint density at radius 3 is 2.33 bits per heavy atom. The number of H-pyrrole nitrogens is 4. The Labute approximate surface area is 79.5 Å². The molecule has 78 valence electrons. The lowest BCUT2D eigenvalue weighted by atomic mass is 11.0. The Hall–Kier alpha value is -2.72. The number of azo groups is 1. The molecule has 0 spiro atoms. The molecule has 0 saturated carbocycles. The molecular formula is C4H4N8O3. The minimum Gasteiger partial charge on any atom is -0.721 e. The van der Waals surface area contributed by atoms with Crippen molar-refractivity contribution in [1.82, 2.24) is 30.4 Å². The SMILES string of the molecule is O=c1[nH]nc(/N=[N+](\[O-])c2n[nH]c(=O)[nH]2)[nH]1. The molecule has 0 bridgehead atoms. The highest BCUT2D eigenvalue weighted by atomic mass is 16.5. The molecule has 0 unspecified atom stereocenters. The standard InChI is InChI=1S/C4H4N8O3/c13-3-5-1(7-9-3)11-12(15)2-6-4(14)10-8-2/h(H2,5,7,9,13)(H2,6,8,10,14)/b12-11-. The number of aromatic nitrogens is 6. The molecule has 0 fully saturated rings. The van der Waals surface area contributed by atoms with Crippen LogP contribution in [-0.2, 0) is 0 Å². The molecule has 2 aromatic rings. The number of nitrogens with zero attached hydrogens (tertiary/aromatic N) is 4. The first-order valence-electron chi connectivity index (χ1n) is 3.63. The van der Waals surface area contributed by atoms with Crippen LogP contribution in [-0.4, -0.2) is 35.2 Å². The van der Waals surface area contributed by atoms with E-state index in [1.54, 1.807) is 0 Å². The van der Waals surface area contributed by atoms with E-state index in [4.69, 9.17) is 0 Å². The van der Waals surface area contributed by atoms with Crippen molar-refractivity contribution in [3.8, 4) is 0 Å². The molecule has 2 aromatic heterocycles. The van der Waals surface area contributed by atoms with Gasteiger partial charge in [0.25, 0.3) is 5.95 Å². The van der Waals surface area contributed by atoms with Gasteiger partial charge in [0, 0.05) is 5.10 Å². The fourth-order valence-electron chi connectivity index (χ4n) is 0.794. The van der Waals surface area contributed by atoms with Gasteiger partial charge in [-0.05, 0) is 0 Å². The molecule has 0 radical (unpaired) electrons. The van der Waals surface area contributed by atoms with Gasteiger partial charge in [-0.3, -0.25) is 4.98 Å². The van der Waals surface area contributed by atoms with Crippen LogP contribution >= 0.6 is 0 Å². The van der Waals surface area contributed by atoms with Crippen LogP contribution in [0.5, 0.6) is 0 Å². The van der Waals surface area contributed by atoms with Gasteiger partial charge in [-0.2, -0.15) is 4.98 Å². The van der Waals surface area contributed by atoms with Gasteiger partial charge in [0.05, 0.1) is 0 Å². The lowest BCUT2D eigenvalue weighted by Crippen LogP contribution is -2.01. The first-order chi connectivity index (χ1) is 7.15. The van der Waals surface area contributed by atoms with E-state index in [1.165, 1.54) is 0 Å². The first kappa shape index (κ1) is 8.86. The van der Waals surface area contributed by atoms with Crippen LogP contribution in [0.4, 0.5) is 11.9 Å². The Morgan fingerprint density at radius 2 is 1.80 bits per heavy atom. The predicted octanol–water partition coefficient (Wildman–Crippen LogP) is -1.56. The van der Waals surface area contributed by atoms with Gasteiger partial charge in [0.15, 0.2) is 0 Å². The molecule has 0 aliphatic carbocycles. The summed E-state index contributed by atoms with van der Waals surface area (Å²) in [5, 5.41) is 25.1. The van der Waals surface area contributed by atoms with Gasteiger partial charge in [-0.1, -0.05) is 5.11 Å². The zero-order chi connectivity index (χ0) is 10.8. The van der Waals surface area contributed by atoms with E-state index in [0.29, 0.717) is 0 Å². The van der Waals surface area contributed by atoms with Crippen LogP contribution in [0.1, 0.15) is 0 Å². The highest BCUT2D eigenvalue weighted by molar-refractivity contribution is 5.06. The Balaban J connectivity index is 2.35. The highest BCUT2D eigenvalue weighted by Gasteiger charge is 2.08. The van der Waals surface area contributed by atoms with E-state index in [-0.39, 0.29) is 16.8 Å². The van der Waals surface area contributed by atoms with Gasteiger partial charge in [0.2, 0.25) is 0 Å². The molecule has 0 amide bonds. The van der Waals surface area contributed by atoms with Gasteiger partial charge >= 0.3 is 17.3 Å². The second-order valence-corrected chi connectivity index (χ2v) is 2.38. The van der Waals surface area contributed by atoms with Crippen LogP contribution in [0.25, 0.3) is 0 Å². The monoisotopic (exact) mass is 212 g/mol. The maximum Gasteiger partial charge on any atom is 0.441 e. The van der Waals surface area contributed by atoms with Crippen LogP contribution in [0.2, 0.25) is 0 Å². The summed E-state index contributed by atoms with van der Waals surface area (Å²) >= 11 is 0. The minimum absolute atomic E-state index is 0.00398. The number of hydrogen-bond acceptors (Lipinski definition) is 6. The number of hydrogen-bond donors (Lipinski definition) is 4. The van der Waals surface area contributed by atoms with Crippen molar-refractivity contribution in [3.05, 3.63) is 26.2 Å². The van der Waals surface area contributed by atoms with Crippen molar-refractivity contribution in [1.29, 1.82) is 0 Å². The summed E-state index contributed by atoms with van der Waals surface area (Å²) in [5.74, 6) is -0.567. The molecule has 15 heavy (non-hydrogen) atoms. The Morgan fingerprint density at radius 1 is 1.13 bits per heavy atom. The Bertz CT molecular complexity index is 597. The largest absolute Gasteiger partial charge is 0.721 e. The quantitative estimate of drug-likeness (QED) is 0.268. The predicted molar refractivity (Wildman–Crippen MR) is 43.8 cm³/mol. The van der Waals surface area contributed by atoms with Gasteiger partial charge < -0.3 is 5.21 Å². The fraction of sp³-hybridized carbons (Fsp3) is 0. The number of rotatable bonds is 2. The molecule has 0 aliphatic rings. The summed E-state index contributed by atoms with van der Waals surface area (Å²) in [7, 11) is 0. The van der Waals surface area contributed by atoms with E-state index in [0.717, 1.165) is 0 Å². The van der Waals surface area contributed by atoms with E-state index in [2.05, 4.69) is 25.3 Å². The van der Waals surface area contributed by atoms with Crippen molar-refractivity contribution in [2.24, 2.45) is 5.11 Å². The van der Waals surface area contributed by atoms with Crippen molar-refractivity contribution in [2.45, 2.75) is 0 Å². The lowest BCUT2D eigenvalue weighted by molar-refractivity contribution is -0.444. The second kappa shape index (κ2) is 3.21. The molecule has 0 saturated heterocycles. The third kappa shape index (κ3) is 1.79. The van der Waals surface area contributed by atoms with Crippen LogP contribution in [0.3, 0.4) is 0 Å². The molecule has 0 aromatic carbocycles. The summed E-state index contributed by atoms with van der Waals surface area (Å²) < 4.78 is 0. The maximum absolute atomic E-state index is 11.2. The van der Waals surface area contributed by atoms with E-state index in [9.17, 15) is 14.8 Å². The normalized spacial score (nSPS) is 11.9. The minimum atomic E-state index is -0.642. The molecule has 2 rings (SSSR count). The average molecular weight is 212 g/mol. The van der Waals surface area contributed by atoms with Crippen LogP contribution in [0.15, 0.2) is 14.7 Å². The van der Waals surface area contributed by atoms with Crippen molar-refractivity contribution in [2.75, 3.05) is 0 Å². The summed E-state index contributed by atoms with van der Waals surface area (Å²) in [6.45, 7) is 0. The van der Waals surface area contributed by atoms with Crippen molar-refractivity contribution in [3.63, 3.8) is 0 Å². The number of aromatic amines is 4. The molecule has 11 nitrogen and oxygen atoms in total. The molecule has 11 heteroatoms. The molecule has 0 atom stereocenters. The zero-order valence-electron chi connectivity index (χ0n) is 7.01. The summed E-state index contributed by atoms with van der Waals surface area (Å²) in [6.07, 6.45) is 0. The second-order valence-electron chi connectivity index (χ2n) is 2.38. The molecule has 2 heterocycles. The Kier molecular flexibility index (Phi) is 1.89. The fourth-order valence-corrected chi connectivity index (χ4v) is 0.794. The molecule has 4 N–H and O–H groups in total. The topological polar surface area (TPSA) is 162 Å². The molecule has 0 aliphatic heterocycles. The van der Waals surface area contributed by atoms with Gasteiger partial charge in [-0.25, -0.2) is 14.7 Å². The van der Waals surface area contributed by atoms with Crippen molar-refractivity contribution >= 4 is 11.9 Å². The third-order valence-corrected chi connectivity index (χ3v) is 1.34. The maximum atomic E-state index is 11.2. The van der Waals surface area contributed by atoms with E-state index < -0.39 is 11.4 Å². The summed E-state index contributed by atoms with van der Waals surface area (Å²) in [6, 6.07) is 0. The third-order valence-electron chi connectivity index (χ3n) is 1.34. The van der Waals surface area contributed by atoms with Crippen molar-refractivity contribution < 1.29 is 4.86 Å². The van der Waals surface area contributed by atoms with Gasteiger partial charge in [0.1, 0.15) is 0 Å². The highest BCUT2D eigenvalue weighted by Crippen LogP contribution is 2.03. The van der Waals surface area contributed by atoms with E-state index in [1.807, 2.05) is 10.2 Å². The smallest absolute Gasteiger partial charge is 0.441 e. The summed E-state index contributed by atoms with van der Waals surface area (Å²) in [5.41, 5.74) is -1.24. The lowest BCUT2D eigenvalue weighted by Gasteiger charge is -1.98. The number of nitrogens with one attached hydrogen (secondary N) is 4. The van der Waals surface area contributed by atoms with Crippen LogP contribution < -0.4 is 11.4 Å². The van der Waals surface area contributed by atoms with E-state index >= 15 is 0 Å². The first-order valence-corrected chi connectivity index (χ1v) is 3.63. The van der Waals surface area contributed by atoms with Crippen LogP contribution in [0, 0.1) is 5.21 Å². The molecular weight excluding hydrogens is 208 g/mol. The average Bonchev–Trinajstić information content (AvgIpc) is 2.75.